The van der Waals surface area contributed by atoms with Crippen molar-refractivity contribution in [3.8, 4) is 5.75 Å². The van der Waals surface area contributed by atoms with E-state index in [1.54, 1.807) is 17.6 Å². The molecule has 0 radical (unpaired) electrons. The lowest BCUT2D eigenvalue weighted by atomic mass is 10.0. The van der Waals surface area contributed by atoms with E-state index < -0.39 is 5.91 Å². The Labute approximate surface area is 204 Å². The Balaban J connectivity index is 1.40. The number of hydrogen-bond donors (Lipinski definition) is 4. The van der Waals surface area contributed by atoms with Gasteiger partial charge in [0.05, 0.1) is 0 Å². The number of nitrogens with one attached hydrogen (secondary N) is 2. The van der Waals surface area contributed by atoms with E-state index in [0.29, 0.717) is 0 Å². The topological polar surface area (TPSA) is 88.6 Å². The zero-order chi connectivity index (χ0) is 24.2. The molecule has 3 aromatic carbocycles. The number of fused-ring (bicyclic) bond motifs is 2. The fourth-order valence-electron chi connectivity index (χ4n) is 5.14. The first-order valence-electron chi connectivity index (χ1n) is 11.9. The fraction of sp³-hybridized carbons (Fsp3) is 0.207. The van der Waals surface area contributed by atoms with Crippen LogP contribution in [0.2, 0.25) is 0 Å². The summed E-state index contributed by atoms with van der Waals surface area (Å²) in [6.45, 7) is 1.64. The lowest BCUT2D eigenvalue weighted by Gasteiger charge is -2.30. The van der Waals surface area contributed by atoms with Crippen LogP contribution in [0.4, 0.5) is 0 Å². The van der Waals surface area contributed by atoms with Gasteiger partial charge in [0, 0.05) is 42.3 Å². The molecule has 35 heavy (non-hydrogen) atoms. The normalized spacial score (nSPS) is 15.2. The van der Waals surface area contributed by atoms with Gasteiger partial charge in [0.1, 0.15) is 5.75 Å². The van der Waals surface area contributed by atoms with Gasteiger partial charge in [-0.3, -0.25) is 14.9 Å². The van der Waals surface area contributed by atoms with Crippen molar-refractivity contribution >= 4 is 22.9 Å². The van der Waals surface area contributed by atoms with E-state index in [1.807, 2.05) is 24.3 Å². The molecule has 0 aliphatic heterocycles. The molecule has 178 valence electrons. The molecule has 4 aromatic rings. The summed E-state index contributed by atoms with van der Waals surface area (Å²) < 4.78 is 0. The summed E-state index contributed by atoms with van der Waals surface area (Å²) in [6, 6.07) is 22.5. The summed E-state index contributed by atoms with van der Waals surface area (Å²) in [7, 11) is 0. The Hall–Kier alpha value is -3.87. The number of carbonyl (C=O) groups is 1. The molecule has 5 rings (SSSR count). The van der Waals surface area contributed by atoms with Crippen LogP contribution >= 0.6 is 0 Å². The number of aromatic hydroxyl groups is 1. The number of hydrogen-bond acceptors (Lipinski definition) is 4. The molecule has 1 aromatic heterocycles. The van der Waals surface area contributed by atoms with Crippen LogP contribution in [0.1, 0.15) is 40.3 Å². The number of nitrogens with zero attached hydrogens (tertiary/aromatic N) is 1. The minimum Gasteiger partial charge on any atom is -0.508 e. The fourth-order valence-corrected chi connectivity index (χ4v) is 5.14. The number of phenols is 1. The second-order valence-electron chi connectivity index (χ2n) is 9.07. The number of rotatable bonds is 8. The van der Waals surface area contributed by atoms with Gasteiger partial charge in [0.15, 0.2) is 0 Å². The van der Waals surface area contributed by atoms with Crippen LogP contribution in [0.25, 0.3) is 17.0 Å². The van der Waals surface area contributed by atoms with E-state index in [-0.39, 0.29) is 11.8 Å². The molecule has 6 nitrogen and oxygen atoms in total. The highest BCUT2D eigenvalue weighted by atomic mass is 16.5. The smallest absolute Gasteiger partial charge is 0.267 e. The van der Waals surface area contributed by atoms with E-state index in [1.165, 1.54) is 28.2 Å². The summed E-state index contributed by atoms with van der Waals surface area (Å²) >= 11 is 0. The summed E-state index contributed by atoms with van der Waals surface area (Å²) in [5.74, 6) is -0.257. The van der Waals surface area contributed by atoms with Gasteiger partial charge in [-0.15, -0.1) is 0 Å². The summed E-state index contributed by atoms with van der Waals surface area (Å²) in [5, 5.41) is 20.0. The average molecular weight is 468 g/mol. The van der Waals surface area contributed by atoms with Gasteiger partial charge in [0.25, 0.3) is 5.91 Å². The van der Waals surface area contributed by atoms with E-state index in [9.17, 15) is 9.90 Å². The molecule has 1 heterocycles. The number of aryl methyl sites for hydroxylation is 1. The molecule has 0 spiro atoms. The molecule has 1 aliphatic carbocycles. The first kappa shape index (κ1) is 22.9. The van der Waals surface area contributed by atoms with Crippen LogP contribution < -0.4 is 5.48 Å². The molecule has 6 heteroatoms. The monoisotopic (exact) mass is 467 g/mol. The van der Waals surface area contributed by atoms with Crippen LogP contribution in [0.3, 0.4) is 0 Å². The Bertz CT molecular complexity index is 1370. The number of amides is 1. The molecule has 1 atom stereocenters. The van der Waals surface area contributed by atoms with Gasteiger partial charge in [-0.05, 0) is 71.4 Å². The van der Waals surface area contributed by atoms with Crippen LogP contribution in [0, 0.1) is 0 Å². The Morgan fingerprint density at radius 1 is 1.11 bits per heavy atom. The highest BCUT2D eigenvalue weighted by molar-refractivity contribution is 5.90. The summed E-state index contributed by atoms with van der Waals surface area (Å²) in [6.07, 6.45) is 8.06. The molecular formula is C29H29N3O3. The number of para-hydroxylation sites is 1. The van der Waals surface area contributed by atoms with Crippen molar-refractivity contribution in [3.63, 3.8) is 0 Å². The molecule has 0 saturated heterocycles. The first-order chi connectivity index (χ1) is 17.1. The first-order valence-corrected chi connectivity index (χ1v) is 11.9. The van der Waals surface area contributed by atoms with E-state index >= 15 is 0 Å². The van der Waals surface area contributed by atoms with Crippen molar-refractivity contribution in [2.75, 3.05) is 6.54 Å². The van der Waals surface area contributed by atoms with Gasteiger partial charge in [-0.2, -0.15) is 0 Å². The van der Waals surface area contributed by atoms with Crippen LogP contribution in [-0.4, -0.2) is 32.6 Å². The molecule has 0 saturated carbocycles. The van der Waals surface area contributed by atoms with E-state index in [4.69, 9.17) is 5.21 Å². The predicted octanol–water partition coefficient (Wildman–Crippen LogP) is 5.12. The van der Waals surface area contributed by atoms with Crippen molar-refractivity contribution in [2.45, 2.75) is 31.8 Å². The Morgan fingerprint density at radius 3 is 2.86 bits per heavy atom. The van der Waals surface area contributed by atoms with Gasteiger partial charge >= 0.3 is 0 Å². The highest BCUT2D eigenvalue weighted by Gasteiger charge is 2.28. The number of aromatic nitrogens is 1. The quantitative estimate of drug-likeness (QED) is 0.164. The number of carbonyl (C=O) groups excluding carboxylic acids is 1. The third-order valence-corrected chi connectivity index (χ3v) is 6.83. The lowest BCUT2D eigenvalue weighted by molar-refractivity contribution is -0.124. The minimum atomic E-state index is -0.544. The maximum atomic E-state index is 11.3. The lowest BCUT2D eigenvalue weighted by Crippen LogP contribution is -2.29. The Kier molecular flexibility index (Phi) is 6.66. The van der Waals surface area contributed by atoms with Crippen molar-refractivity contribution < 1.29 is 15.1 Å². The average Bonchev–Trinajstić information content (AvgIpc) is 3.49. The summed E-state index contributed by atoms with van der Waals surface area (Å²) in [4.78, 5) is 17.2. The van der Waals surface area contributed by atoms with Crippen LogP contribution in [0.5, 0.6) is 5.75 Å². The maximum Gasteiger partial charge on any atom is 0.267 e. The van der Waals surface area contributed by atoms with Crippen molar-refractivity contribution in [1.82, 2.24) is 15.4 Å². The number of phenolic OH excluding ortho intramolecular Hbond substituents is 1. The molecule has 1 unspecified atom stereocenters. The van der Waals surface area contributed by atoms with Crippen molar-refractivity contribution in [3.05, 3.63) is 107 Å². The molecule has 4 N–H and O–H groups in total. The van der Waals surface area contributed by atoms with Crippen molar-refractivity contribution in [2.24, 2.45) is 0 Å². The second-order valence-corrected chi connectivity index (χ2v) is 9.07. The van der Waals surface area contributed by atoms with E-state index in [0.717, 1.165) is 49.0 Å². The van der Waals surface area contributed by atoms with Gasteiger partial charge in [-0.1, -0.05) is 48.5 Å². The minimum absolute atomic E-state index is 0.274. The number of benzene rings is 3. The zero-order valence-corrected chi connectivity index (χ0v) is 19.4. The third-order valence-electron chi connectivity index (χ3n) is 6.83. The number of hydroxylamine groups is 1. The predicted molar refractivity (Wildman–Crippen MR) is 137 cm³/mol. The summed E-state index contributed by atoms with van der Waals surface area (Å²) in [5.41, 5.74) is 8.71. The standard InChI is InChI=1S/C29H29N3O3/c33-24-5-3-4-21(17-24)19-32(15-14-23-18-30-27-7-2-1-6-25(23)27)28-12-10-22-16-20(8-11-26(22)28)9-13-29(34)31-35/h1-9,11,13,16-18,28,30,33,35H,10,12,14-15,19H2,(H,31,34). The molecule has 0 bridgehead atoms. The zero-order valence-electron chi connectivity index (χ0n) is 19.4. The van der Waals surface area contributed by atoms with Crippen molar-refractivity contribution in [1.29, 1.82) is 0 Å². The molecular weight excluding hydrogens is 438 g/mol. The molecule has 1 aliphatic rings. The molecule has 1 amide bonds. The van der Waals surface area contributed by atoms with Crippen LogP contribution in [0.15, 0.2) is 79.0 Å². The SMILES string of the molecule is O=C(C=Cc1ccc2c(c1)CCC2N(CCc1c[nH]c2ccccc12)Cc1cccc(O)c1)NO. The van der Waals surface area contributed by atoms with Crippen LogP contribution in [-0.2, 0) is 24.2 Å². The Morgan fingerprint density at radius 2 is 2.00 bits per heavy atom. The molecule has 0 fully saturated rings. The maximum absolute atomic E-state index is 11.3. The van der Waals surface area contributed by atoms with Gasteiger partial charge < -0.3 is 10.1 Å². The largest absolute Gasteiger partial charge is 0.508 e. The van der Waals surface area contributed by atoms with E-state index in [2.05, 4.69) is 52.5 Å². The highest BCUT2D eigenvalue weighted by Crippen LogP contribution is 2.37. The van der Waals surface area contributed by atoms with Gasteiger partial charge in [-0.25, -0.2) is 5.48 Å². The third kappa shape index (κ3) is 5.14. The van der Waals surface area contributed by atoms with Gasteiger partial charge in [0.2, 0.25) is 0 Å². The second kappa shape index (κ2) is 10.2. The number of H-pyrrole nitrogens is 1. The number of aromatic amines is 1.